The molecule has 0 aliphatic heterocycles. The van der Waals surface area contributed by atoms with Crippen LogP contribution in [0.2, 0.25) is 0 Å². The van der Waals surface area contributed by atoms with E-state index in [2.05, 4.69) is 10.4 Å². The monoisotopic (exact) mass is 393 g/mol. The summed E-state index contributed by atoms with van der Waals surface area (Å²) < 4.78 is 12.1. The zero-order chi connectivity index (χ0) is 21.0. The Labute approximate surface area is 169 Å². The van der Waals surface area contributed by atoms with E-state index in [1.165, 1.54) is 18.7 Å². The van der Waals surface area contributed by atoms with Gasteiger partial charge in [-0.1, -0.05) is 30.3 Å². The Kier molecular flexibility index (Phi) is 5.97. The van der Waals surface area contributed by atoms with E-state index in [1.807, 2.05) is 62.4 Å². The molecule has 0 spiro atoms. The van der Waals surface area contributed by atoms with Crippen LogP contribution in [0.5, 0.6) is 5.75 Å². The summed E-state index contributed by atoms with van der Waals surface area (Å²) in [7, 11) is 1.44. The van der Waals surface area contributed by atoms with E-state index in [0.717, 1.165) is 16.8 Å². The smallest absolute Gasteiger partial charge is 0.363 e. The van der Waals surface area contributed by atoms with Gasteiger partial charge in [-0.05, 0) is 50.1 Å². The molecule has 0 saturated carbocycles. The van der Waals surface area contributed by atoms with Gasteiger partial charge in [0.05, 0.1) is 19.0 Å². The number of carbonyl (C=O) groups is 2. The third-order valence-electron chi connectivity index (χ3n) is 4.42. The van der Waals surface area contributed by atoms with Crippen molar-refractivity contribution in [1.29, 1.82) is 0 Å². The van der Waals surface area contributed by atoms with E-state index >= 15 is 0 Å². The predicted molar refractivity (Wildman–Crippen MR) is 110 cm³/mol. The number of hydrogen-bond acceptors (Lipinski definition) is 5. The number of aryl methyl sites for hydroxylation is 2. The van der Waals surface area contributed by atoms with Gasteiger partial charge in [0.25, 0.3) is 5.91 Å². The van der Waals surface area contributed by atoms with E-state index in [1.54, 1.807) is 6.20 Å². The lowest BCUT2D eigenvalue weighted by molar-refractivity contribution is -0.123. The molecule has 150 valence electrons. The van der Waals surface area contributed by atoms with Crippen molar-refractivity contribution in [1.82, 2.24) is 9.78 Å². The van der Waals surface area contributed by atoms with Gasteiger partial charge in [-0.2, -0.15) is 5.10 Å². The summed E-state index contributed by atoms with van der Waals surface area (Å²) in [6.07, 6.45) is 0.584. The molecule has 1 atom stereocenters. The average Bonchev–Trinajstić information content (AvgIpc) is 3.16. The number of aromatic nitrogens is 2. The summed E-state index contributed by atoms with van der Waals surface area (Å²) in [6, 6.07) is 15.1. The third-order valence-corrected chi connectivity index (χ3v) is 4.42. The molecule has 0 fully saturated rings. The lowest BCUT2D eigenvalue weighted by atomic mass is 10.1. The molecule has 0 radical (unpaired) electrons. The first-order chi connectivity index (χ1) is 13.9. The van der Waals surface area contributed by atoms with Crippen molar-refractivity contribution in [2.45, 2.75) is 26.9 Å². The van der Waals surface area contributed by atoms with Crippen LogP contribution in [0.3, 0.4) is 0 Å². The third kappa shape index (κ3) is 4.63. The van der Waals surface area contributed by atoms with Crippen LogP contribution in [-0.4, -0.2) is 34.9 Å². The minimum Gasteiger partial charge on any atom is -0.493 e. The molecule has 1 amide bonds. The van der Waals surface area contributed by atoms with Crippen LogP contribution in [0.25, 0.3) is 5.69 Å². The molecule has 0 saturated heterocycles. The van der Waals surface area contributed by atoms with Crippen molar-refractivity contribution in [2.75, 3.05) is 12.4 Å². The maximum atomic E-state index is 12.6. The zero-order valence-electron chi connectivity index (χ0n) is 16.8. The Morgan fingerprint density at radius 2 is 1.83 bits per heavy atom. The number of ether oxygens (including phenoxy) is 2. The average molecular weight is 393 g/mol. The SMILES string of the molecule is COc1cn(-c2ccccc2)nc1C(=O)O[C@@H](C)C(=O)Nc1cc(C)ccc1C. The lowest BCUT2D eigenvalue weighted by Gasteiger charge is -2.14. The minimum absolute atomic E-state index is 0.00254. The standard InChI is InChI=1S/C22H23N3O4/c1-14-10-11-15(2)18(12-14)23-21(26)16(3)29-22(27)20-19(28-4)13-25(24-20)17-8-6-5-7-9-17/h5-13,16H,1-4H3,(H,23,26)/t16-/m0/s1. The molecule has 29 heavy (non-hydrogen) atoms. The molecule has 2 aromatic carbocycles. The highest BCUT2D eigenvalue weighted by atomic mass is 16.6. The van der Waals surface area contributed by atoms with Crippen LogP contribution in [0.1, 0.15) is 28.5 Å². The molecule has 7 heteroatoms. The second kappa shape index (κ2) is 8.60. The van der Waals surface area contributed by atoms with Gasteiger partial charge in [-0.15, -0.1) is 0 Å². The van der Waals surface area contributed by atoms with Crippen LogP contribution in [0, 0.1) is 13.8 Å². The summed E-state index contributed by atoms with van der Waals surface area (Å²) >= 11 is 0. The van der Waals surface area contributed by atoms with Crippen molar-refractivity contribution in [3.8, 4) is 11.4 Å². The van der Waals surface area contributed by atoms with E-state index in [9.17, 15) is 9.59 Å². The Balaban J connectivity index is 1.73. The molecular formula is C22H23N3O4. The molecule has 0 unspecified atom stereocenters. The number of esters is 1. The molecule has 1 aromatic heterocycles. The molecule has 1 heterocycles. The molecule has 7 nitrogen and oxygen atoms in total. The molecule has 1 N–H and O–H groups in total. The Morgan fingerprint density at radius 1 is 1.10 bits per heavy atom. The van der Waals surface area contributed by atoms with E-state index in [4.69, 9.17) is 9.47 Å². The van der Waals surface area contributed by atoms with Gasteiger partial charge in [0.1, 0.15) is 0 Å². The lowest BCUT2D eigenvalue weighted by Crippen LogP contribution is -2.30. The van der Waals surface area contributed by atoms with Crippen molar-refractivity contribution >= 4 is 17.6 Å². The summed E-state index contributed by atoms with van der Waals surface area (Å²) in [5, 5.41) is 7.05. The highest BCUT2D eigenvalue weighted by Gasteiger charge is 2.25. The zero-order valence-corrected chi connectivity index (χ0v) is 16.8. The van der Waals surface area contributed by atoms with E-state index < -0.39 is 18.0 Å². The summed E-state index contributed by atoms with van der Waals surface area (Å²) in [5.41, 5.74) is 3.40. The molecule has 0 aliphatic carbocycles. The molecular weight excluding hydrogens is 370 g/mol. The highest BCUT2D eigenvalue weighted by Crippen LogP contribution is 2.21. The van der Waals surface area contributed by atoms with Gasteiger partial charge in [-0.3, -0.25) is 4.79 Å². The number of amides is 1. The van der Waals surface area contributed by atoms with Crippen molar-refractivity contribution < 1.29 is 19.1 Å². The summed E-state index contributed by atoms with van der Waals surface area (Å²) in [6.45, 7) is 5.35. The van der Waals surface area contributed by atoms with Gasteiger partial charge >= 0.3 is 5.97 Å². The van der Waals surface area contributed by atoms with Crippen LogP contribution in [0.4, 0.5) is 5.69 Å². The maximum absolute atomic E-state index is 12.6. The number of carbonyl (C=O) groups excluding carboxylic acids is 2. The Morgan fingerprint density at radius 3 is 2.52 bits per heavy atom. The molecule has 0 aliphatic rings. The van der Waals surface area contributed by atoms with Crippen molar-refractivity contribution in [2.24, 2.45) is 0 Å². The quantitative estimate of drug-likeness (QED) is 0.646. The number of anilines is 1. The van der Waals surface area contributed by atoms with E-state index in [0.29, 0.717) is 5.69 Å². The fourth-order valence-electron chi connectivity index (χ4n) is 2.74. The number of nitrogens with zero attached hydrogens (tertiary/aromatic N) is 2. The largest absolute Gasteiger partial charge is 0.493 e. The normalized spacial score (nSPS) is 11.6. The topological polar surface area (TPSA) is 82.5 Å². The first-order valence-corrected chi connectivity index (χ1v) is 9.17. The number of nitrogens with one attached hydrogen (secondary N) is 1. The van der Waals surface area contributed by atoms with Gasteiger partial charge in [0.15, 0.2) is 11.9 Å². The predicted octanol–water partition coefficient (Wildman–Crippen LogP) is 3.68. The van der Waals surface area contributed by atoms with Gasteiger partial charge in [0.2, 0.25) is 5.69 Å². The second-order valence-corrected chi connectivity index (χ2v) is 6.68. The fraction of sp³-hybridized carbons (Fsp3) is 0.227. The molecule has 0 bridgehead atoms. The Bertz CT molecular complexity index is 1030. The van der Waals surface area contributed by atoms with Gasteiger partial charge < -0.3 is 14.8 Å². The first-order valence-electron chi connectivity index (χ1n) is 9.17. The summed E-state index contributed by atoms with van der Waals surface area (Å²) in [5.74, 6) is -0.894. The fourth-order valence-corrected chi connectivity index (χ4v) is 2.74. The number of methoxy groups -OCH3 is 1. The maximum Gasteiger partial charge on any atom is 0.363 e. The first kappa shape index (κ1) is 20.1. The molecule has 3 rings (SSSR count). The van der Waals surface area contributed by atoms with Crippen LogP contribution in [-0.2, 0) is 9.53 Å². The molecule has 3 aromatic rings. The number of para-hydroxylation sites is 1. The number of hydrogen-bond donors (Lipinski definition) is 1. The highest BCUT2D eigenvalue weighted by molar-refractivity contribution is 5.98. The minimum atomic E-state index is -1.01. The second-order valence-electron chi connectivity index (χ2n) is 6.68. The Hall–Kier alpha value is -3.61. The van der Waals surface area contributed by atoms with Crippen molar-refractivity contribution in [3.05, 3.63) is 71.5 Å². The van der Waals surface area contributed by atoms with Crippen LogP contribution < -0.4 is 10.1 Å². The van der Waals surface area contributed by atoms with Crippen molar-refractivity contribution in [3.63, 3.8) is 0 Å². The van der Waals surface area contributed by atoms with Crippen LogP contribution in [0.15, 0.2) is 54.7 Å². The van der Waals surface area contributed by atoms with Crippen LogP contribution >= 0.6 is 0 Å². The number of rotatable bonds is 6. The summed E-state index contributed by atoms with van der Waals surface area (Å²) in [4.78, 5) is 25.1. The van der Waals surface area contributed by atoms with Gasteiger partial charge in [0, 0.05) is 5.69 Å². The number of benzene rings is 2. The van der Waals surface area contributed by atoms with E-state index in [-0.39, 0.29) is 11.4 Å². The van der Waals surface area contributed by atoms with Gasteiger partial charge in [-0.25, -0.2) is 9.48 Å².